The number of ether oxygens (including phenoxy) is 1. The Hall–Kier alpha value is -3.10. The topological polar surface area (TPSA) is 89.3 Å². The minimum Gasteiger partial charge on any atom is -0.497 e. The fourth-order valence-corrected chi connectivity index (χ4v) is 3.64. The molecule has 0 saturated carbocycles. The summed E-state index contributed by atoms with van der Waals surface area (Å²) in [5.74, 6) is 0.295. The molecule has 2 aromatic carbocycles. The number of aromatic nitrogens is 3. The molecule has 10 heteroatoms. The molecule has 0 aliphatic rings. The smallest absolute Gasteiger partial charge is 0.294 e. The van der Waals surface area contributed by atoms with Crippen LogP contribution >= 0.6 is 23.2 Å². The van der Waals surface area contributed by atoms with E-state index in [-0.39, 0.29) is 18.3 Å². The average molecular weight is 476 g/mol. The van der Waals surface area contributed by atoms with Crippen molar-refractivity contribution < 1.29 is 14.3 Å². The van der Waals surface area contributed by atoms with Crippen LogP contribution in [-0.2, 0) is 11.2 Å². The number of para-hydroxylation sites is 1. The number of nitrogens with one attached hydrogen (secondary N) is 1. The number of carbonyl (C=O) groups excluding carboxylic acids is 2. The maximum absolute atomic E-state index is 13.1. The standard InChI is InChI=1S/C22H23Cl2N5O3/c1-4-18-26-21(27-29(18)20-16(23)10-7-11-17(20)24)22(31)28(5-2)13-19(30)25-14-8-6-9-15(12-14)32-3/h6-12H,4-5,13H2,1-3H3,(H,25,30). The lowest BCUT2D eigenvalue weighted by Gasteiger charge is -2.18. The first-order chi connectivity index (χ1) is 15.4. The summed E-state index contributed by atoms with van der Waals surface area (Å²) < 4.78 is 6.63. The number of nitrogens with zero attached hydrogens (tertiary/aromatic N) is 4. The number of methoxy groups -OCH3 is 1. The number of benzene rings is 2. The van der Waals surface area contributed by atoms with Crippen molar-refractivity contribution in [3.8, 4) is 11.4 Å². The highest BCUT2D eigenvalue weighted by Crippen LogP contribution is 2.29. The zero-order valence-electron chi connectivity index (χ0n) is 17.9. The molecule has 1 N–H and O–H groups in total. The van der Waals surface area contributed by atoms with Gasteiger partial charge in [-0.2, -0.15) is 0 Å². The largest absolute Gasteiger partial charge is 0.497 e. The van der Waals surface area contributed by atoms with Crippen LogP contribution in [0.2, 0.25) is 10.0 Å². The van der Waals surface area contributed by atoms with Gasteiger partial charge in [0, 0.05) is 24.7 Å². The van der Waals surface area contributed by atoms with Crippen LogP contribution in [0.1, 0.15) is 30.3 Å². The third-order valence-electron chi connectivity index (χ3n) is 4.69. The van der Waals surface area contributed by atoms with Crippen LogP contribution < -0.4 is 10.1 Å². The first-order valence-electron chi connectivity index (χ1n) is 10.0. The molecule has 0 unspecified atom stereocenters. The average Bonchev–Trinajstić information content (AvgIpc) is 3.21. The summed E-state index contributed by atoms with van der Waals surface area (Å²) in [6.45, 7) is 3.81. The van der Waals surface area contributed by atoms with Gasteiger partial charge in [-0.15, -0.1) is 5.10 Å². The predicted molar refractivity (Wildman–Crippen MR) is 124 cm³/mol. The molecule has 0 aliphatic carbocycles. The number of hydrogen-bond donors (Lipinski definition) is 1. The number of likely N-dealkylation sites (N-methyl/N-ethyl adjacent to an activating group) is 1. The van der Waals surface area contributed by atoms with Crippen LogP contribution in [0.3, 0.4) is 0 Å². The van der Waals surface area contributed by atoms with Crippen LogP contribution in [0.4, 0.5) is 5.69 Å². The van der Waals surface area contributed by atoms with Crippen LogP contribution in [0.5, 0.6) is 5.75 Å². The molecule has 0 spiro atoms. The fraction of sp³-hybridized carbons (Fsp3) is 0.273. The van der Waals surface area contributed by atoms with Gasteiger partial charge in [-0.25, -0.2) is 9.67 Å². The molecule has 0 fully saturated rings. The summed E-state index contributed by atoms with van der Waals surface area (Å²) in [6.07, 6.45) is 0.504. The van der Waals surface area contributed by atoms with Crippen molar-refractivity contribution in [3.05, 3.63) is 64.2 Å². The van der Waals surface area contributed by atoms with Gasteiger partial charge in [0.25, 0.3) is 5.91 Å². The van der Waals surface area contributed by atoms with Gasteiger partial charge in [0.15, 0.2) is 0 Å². The third kappa shape index (κ3) is 5.20. The van der Waals surface area contributed by atoms with E-state index in [0.29, 0.717) is 46.0 Å². The Morgan fingerprint density at radius 1 is 1.12 bits per heavy atom. The van der Waals surface area contributed by atoms with Gasteiger partial charge in [0.2, 0.25) is 11.7 Å². The number of amides is 2. The van der Waals surface area contributed by atoms with Crippen molar-refractivity contribution in [1.82, 2.24) is 19.7 Å². The maximum atomic E-state index is 13.1. The Kier molecular flexibility index (Phi) is 7.71. The summed E-state index contributed by atoms with van der Waals surface area (Å²) >= 11 is 12.6. The van der Waals surface area contributed by atoms with Gasteiger partial charge < -0.3 is 15.0 Å². The number of rotatable bonds is 8. The lowest BCUT2D eigenvalue weighted by molar-refractivity contribution is -0.116. The molecule has 32 heavy (non-hydrogen) atoms. The number of anilines is 1. The van der Waals surface area contributed by atoms with Crippen LogP contribution in [-0.4, -0.2) is 51.7 Å². The quantitative estimate of drug-likeness (QED) is 0.525. The summed E-state index contributed by atoms with van der Waals surface area (Å²) in [5, 5.41) is 7.90. The molecule has 0 aliphatic heterocycles. The van der Waals surface area contributed by atoms with Crippen molar-refractivity contribution >= 4 is 40.7 Å². The van der Waals surface area contributed by atoms with Crippen molar-refractivity contribution in [2.45, 2.75) is 20.3 Å². The van der Waals surface area contributed by atoms with E-state index in [4.69, 9.17) is 27.9 Å². The predicted octanol–water partition coefficient (Wildman–Crippen LogP) is 4.25. The van der Waals surface area contributed by atoms with E-state index in [9.17, 15) is 9.59 Å². The lowest BCUT2D eigenvalue weighted by Crippen LogP contribution is -2.38. The molecule has 3 aromatic rings. The van der Waals surface area contributed by atoms with Gasteiger partial charge in [-0.05, 0) is 31.2 Å². The normalized spacial score (nSPS) is 10.7. The fourth-order valence-electron chi connectivity index (χ4n) is 3.08. The van der Waals surface area contributed by atoms with E-state index < -0.39 is 5.91 Å². The van der Waals surface area contributed by atoms with Crippen LogP contribution in [0, 0.1) is 0 Å². The van der Waals surface area contributed by atoms with Gasteiger partial charge in [0.1, 0.15) is 23.8 Å². The highest BCUT2D eigenvalue weighted by Gasteiger charge is 2.24. The van der Waals surface area contributed by atoms with E-state index in [2.05, 4.69) is 15.4 Å². The van der Waals surface area contributed by atoms with Gasteiger partial charge in [-0.1, -0.05) is 42.3 Å². The molecule has 2 amide bonds. The number of aryl methyl sites for hydroxylation is 1. The van der Waals surface area contributed by atoms with Gasteiger partial charge >= 0.3 is 0 Å². The van der Waals surface area contributed by atoms with Gasteiger partial charge in [-0.3, -0.25) is 9.59 Å². The zero-order chi connectivity index (χ0) is 23.3. The second kappa shape index (κ2) is 10.5. The van der Waals surface area contributed by atoms with Crippen molar-refractivity contribution in [2.24, 2.45) is 0 Å². The molecule has 1 aromatic heterocycles. The molecular formula is C22H23Cl2N5O3. The Morgan fingerprint density at radius 3 is 2.44 bits per heavy atom. The first kappa shape index (κ1) is 23.6. The molecule has 8 nitrogen and oxygen atoms in total. The first-order valence-corrected chi connectivity index (χ1v) is 10.8. The summed E-state index contributed by atoms with van der Waals surface area (Å²) in [4.78, 5) is 31.3. The molecule has 0 atom stereocenters. The zero-order valence-corrected chi connectivity index (χ0v) is 19.4. The Morgan fingerprint density at radius 2 is 1.81 bits per heavy atom. The van der Waals surface area contributed by atoms with E-state index in [1.54, 1.807) is 56.5 Å². The number of halogens is 2. The minimum absolute atomic E-state index is 0.0335. The summed E-state index contributed by atoms with van der Waals surface area (Å²) in [6, 6.07) is 12.1. The second-order valence-corrected chi connectivity index (χ2v) is 7.60. The molecule has 0 radical (unpaired) electrons. The van der Waals surface area contributed by atoms with E-state index >= 15 is 0 Å². The summed E-state index contributed by atoms with van der Waals surface area (Å²) in [7, 11) is 1.55. The summed E-state index contributed by atoms with van der Waals surface area (Å²) in [5.41, 5.74) is 1.03. The Labute approximate surface area is 196 Å². The Bertz CT molecular complexity index is 1110. The SMILES string of the molecule is CCc1nc(C(=O)N(CC)CC(=O)Nc2cccc(OC)c2)nn1-c1c(Cl)cccc1Cl. The van der Waals surface area contributed by atoms with Crippen LogP contribution in [0.15, 0.2) is 42.5 Å². The highest BCUT2D eigenvalue weighted by molar-refractivity contribution is 6.37. The van der Waals surface area contributed by atoms with E-state index in [0.717, 1.165) is 0 Å². The van der Waals surface area contributed by atoms with Crippen molar-refractivity contribution in [1.29, 1.82) is 0 Å². The van der Waals surface area contributed by atoms with E-state index in [1.807, 2.05) is 6.92 Å². The molecule has 168 valence electrons. The lowest BCUT2D eigenvalue weighted by atomic mass is 10.3. The van der Waals surface area contributed by atoms with E-state index in [1.165, 1.54) is 9.58 Å². The maximum Gasteiger partial charge on any atom is 0.294 e. The second-order valence-electron chi connectivity index (χ2n) is 6.79. The van der Waals surface area contributed by atoms with Gasteiger partial charge in [0.05, 0.1) is 17.2 Å². The number of carbonyl (C=O) groups is 2. The monoisotopic (exact) mass is 475 g/mol. The molecule has 0 bridgehead atoms. The third-order valence-corrected chi connectivity index (χ3v) is 5.30. The molecule has 3 rings (SSSR count). The minimum atomic E-state index is -0.468. The van der Waals surface area contributed by atoms with Crippen molar-refractivity contribution in [2.75, 3.05) is 25.5 Å². The Balaban J connectivity index is 1.80. The number of hydrogen-bond acceptors (Lipinski definition) is 5. The molecule has 0 saturated heterocycles. The van der Waals surface area contributed by atoms with Crippen molar-refractivity contribution in [3.63, 3.8) is 0 Å². The molecule has 1 heterocycles. The molecular weight excluding hydrogens is 453 g/mol. The highest BCUT2D eigenvalue weighted by atomic mass is 35.5. The van der Waals surface area contributed by atoms with Crippen LogP contribution in [0.25, 0.3) is 5.69 Å².